The molecule has 2 unspecified atom stereocenters. The number of alkyl halides is 1. The first kappa shape index (κ1) is 20.8. The van der Waals surface area contributed by atoms with Gasteiger partial charge in [0.1, 0.15) is 17.7 Å². The number of rotatable bonds is 7. The number of aromatic nitrogens is 4. The van der Waals surface area contributed by atoms with Gasteiger partial charge in [-0.2, -0.15) is 5.10 Å². The van der Waals surface area contributed by atoms with Crippen LogP contribution in [0, 0.1) is 0 Å². The van der Waals surface area contributed by atoms with Crippen LogP contribution in [0.4, 0.5) is 10.2 Å². The molecule has 0 spiro atoms. The van der Waals surface area contributed by atoms with E-state index < -0.39 is 6.17 Å². The summed E-state index contributed by atoms with van der Waals surface area (Å²) in [4.78, 5) is 11.1. The van der Waals surface area contributed by atoms with Crippen molar-refractivity contribution in [1.82, 2.24) is 25.5 Å². The Morgan fingerprint density at radius 1 is 1.19 bits per heavy atom. The molecule has 2 aromatic heterocycles. The summed E-state index contributed by atoms with van der Waals surface area (Å²) in [6, 6.07) is 5.39. The minimum absolute atomic E-state index is 0.0956. The van der Waals surface area contributed by atoms with Gasteiger partial charge in [0, 0.05) is 43.1 Å². The van der Waals surface area contributed by atoms with Crippen molar-refractivity contribution in [2.75, 3.05) is 25.2 Å². The van der Waals surface area contributed by atoms with Crippen LogP contribution in [0.2, 0.25) is 0 Å². The van der Waals surface area contributed by atoms with Gasteiger partial charge in [-0.15, -0.1) is 0 Å². The number of piperidine rings is 1. The molecule has 3 N–H and O–H groups in total. The number of hydrogen-bond donors (Lipinski definition) is 3. The molecule has 2 aliphatic rings. The number of nitrogens with zero attached hydrogens (tertiary/aromatic N) is 4. The first-order valence-electron chi connectivity index (χ1n) is 10.9. The Bertz CT molecular complexity index is 1050. The number of anilines is 1. The molecule has 4 atom stereocenters. The van der Waals surface area contributed by atoms with E-state index in [2.05, 4.69) is 25.5 Å². The van der Waals surface area contributed by atoms with Crippen LogP contribution in [0.25, 0.3) is 22.4 Å². The number of aromatic hydroxyl groups is 1. The fourth-order valence-electron chi connectivity index (χ4n) is 4.86. The van der Waals surface area contributed by atoms with E-state index in [1.807, 2.05) is 17.0 Å². The highest BCUT2D eigenvalue weighted by Crippen LogP contribution is 2.35. The van der Waals surface area contributed by atoms with E-state index in [1.54, 1.807) is 38.0 Å². The lowest BCUT2D eigenvalue weighted by atomic mass is 9.96. The molecule has 0 aliphatic carbocycles. The van der Waals surface area contributed by atoms with Crippen molar-refractivity contribution in [3.8, 4) is 28.1 Å². The van der Waals surface area contributed by atoms with Crippen molar-refractivity contribution in [3.05, 3.63) is 43.0 Å². The zero-order valence-electron chi connectivity index (χ0n) is 17.9. The molecule has 9 heteroatoms. The second kappa shape index (κ2) is 8.84. The molecule has 4 heterocycles. The lowest BCUT2D eigenvalue weighted by Gasteiger charge is -2.40. The van der Waals surface area contributed by atoms with Crippen LogP contribution in [0.5, 0.6) is 5.75 Å². The van der Waals surface area contributed by atoms with Gasteiger partial charge >= 0.3 is 0 Å². The minimum Gasteiger partial charge on any atom is -0.507 e. The van der Waals surface area contributed by atoms with Gasteiger partial charge in [0.25, 0.3) is 0 Å². The van der Waals surface area contributed by atoms with Crippen LogP contribution in [0.3, 0.4) is 0 Å². The summed E-state index contributed by atoms with van der Waals surface area (Å²) < 4.78 is 20.5. The van der Waals surface area contributed by atoms with Gasteiger partial charge in [0.2, 0.25) is 0 Å². The summed E-state index contributed by atoms with van der Waals surface area (Å²) in [5.41, 5.74) is 2.88. The number of hydrogen-bond acceptors (Lipinski definition) is 7. The highest BCUT2D eigenvalue weighted by atomic mass is 19.1. The van der Waals surface area contributed by atoms with Crippen molar-refractivity contribution in [2.24, 2.45) is 0 Å². The number of methoxy groups -OCH3 is 1. The van der Waals surface area contributed by atoms with Crippen LogP contribution in [0.1, 0.15) is 19.3 Å². The molecule has 0 amide bonds. The molecule has 2 saturated heterocycles. The number of fused-ring (bicyclic) bond motifs is 2. The second-order valence-electron chi connectivity index (χ2n) is 8.46. The second-order valence-corrected chi connectivity index (χ2v) is 8.46. The molecule has 2 fully saturated rings. The highest BCUT2D eigenvalue weighted by molar-refractivity contribution is 5.73. The predicted molar refractivity (Wildman–Crippen MR) is 119 cm³/mol. The van der Waals surface area contributed by atoms with E-state index in [0.717, 1.165) is 30.4 Å². The average Bonchev–Trinajstić information content (AvgIpc) is 3.49. The van der Waals surface area contributed by atoms with Crippen LogP contribution in [-0.2, 0) is 4.74 Å². The fourth-order valence-corrected chi connectivity index (χ4v) is 4.86. The predicted octanol–water partition coefficient (Wildman–Crippen LogP) is 2.92. The molecule has 32 heavy (non-hydrogen) atoms. The Labute approximate surface area is 185 Å². The monoisotopic (exact) mass is 438 g/mol. The maximum Gasteiger partial charge on any atom is 0.147 e. The summed E-state index contributed by atoms with van der Waals surface area (Å²) in [6.45, 7) is 1.02. The van der Waals surface area contributed by atoms with Gasteiger partial charge in [0.05, 0.1) is 36.9 Å². The van der Waals surface area contributed by atoms with Gasteiger partial charge in [0.15, 0.2) is 0 Å². The van der Waals surface area contributed by atoms with Crippen LogP contribution >= 0.6 is 0 Å². The molecule has 1 aromatic carbocycles. The number of benzene rings is 1. The van der Waals surface area contributed by atoms with Crippen molar-refractivity contribution in [3.63, 3.8) is 0 Å². The first-order chi connectivity index (χ1) is 15.6. The number of ether oxygens (including phenoxy) is 1. The van der Waals surface area contributed by atoms with E-state index in [0.29, 0.717) is 36.3 Å². The van der Waals surface area contributed by atoms with Gasteiger partial charge in [-0.3, -0.25) is 10.1 Å². The third kappa shape index (κ3) is 3.93. The van der Waals surface area contributed by atoms with E-state index >= 15 is 4.39 Å². The third-order valence-electron chi connectivity index (χ3n) is 6.53. The molecule has 0 radical (unpaired) electrons. The zero-order valence-corrected chi connectivity index (χ0v) is 17.9. The SMILES string of the molecule is COCCN(c1cnc(-c2ccc(-c3cn[nH]c3)cc2O)cn1)[C@H]1CC2CCC(N2)[C@H]1F. The molecule has 0 saturated carbocycles. The Balaban J connectivity index is 1.39. The smallest absolute Gasteiger partial charge is 0.147 e. The van der Waals surface area contributed by atoms with Crippen LogP contribution in [-0.4, -0.2) is 69.8 Å². The Morgan fingerprint density at radius 3 is 2.81 bits per heavy atom. The number of nitrogens with one attached hydrogen (secondary N) is 2. The average molecular weight is 439 g/mol. The van der Waals surface area contributed by atoms with E-state index in [9.17, 15) is 5.11 Å². The summed E-state index contributed by atoms with van der Waals surface area (Å²) in [5, 5.41) is 20.6. The highest BCUT2D eigenvalue weighted by Gasteiger charge is 2.44. The van der Waals surface area contributed by atoms with Crippen molar-refractivity contribution in [2.45, 2.75) is 43.6 Å². The summed E-state index contributed by atoms with van der Waals surface area (Å²) in [7, 11) is 1.64. The van der Waals surface area contributed by atoms with E-state index in [1.165, 1.54) is 0 Å². The summed E-state index contributed by atoms with van der Waals surface area (Å²) >= 11 is 0. The number of phenols is 1. The van der Waals surface area contributed by atoms with E-state index in [-0.39, 0.29) is 17.8 Å². The van der Waals surface area contributed by atoms with Gasteiger partial charge in [-0.25, -0.2) is 9.37 Å². The third-order valence-corrected chi connectivity index (χ3v) is 6.53. The Kier molecular flexibility index (Phi) is 5.75. The summed E-state index contributed by atoms with van der Waals surface area (Å²) in [5.74, 6) is 0.731. The maximum absolute atomic E-state index is 15.2. The van der Waals surface area contributed by atoms with Gasteiger partial charge in [-0.05, 0) is 37.0 Å². The first-order valence-corrected chi connectivity index (χ1v) is 10.9. The molecule has 2 aliphatic heterocycles. The lowest BCUT2D eigenvalue weighted by molar-refractivity contribution is 0.158. The quantitative estimate of drug-likeness (QED) is 0.522. The summed E-state index contributed by atoms with van der Waals surface area (Å²) in [6.07, 6.45) is 8.41. The minimum atomic E-state index is -0.966. The Morgan fingerprint density at radius 2 is 2.09 bits per heavy atom. The van der Waals surface area contributed by atoms with E-state index in [4.69, 9.17) is 4.74 Å². The largest absolute Gasteiger partial charge is 0.507 e. The molecule has 8 nitrogen and oxygen atoms in total. The molecule has 168 valence electrons. The topological polar surface area (TPSA) is 99.2 Å². The molecule has 3 aromatic rings. The maximum atomic E-state index is 15.2. The molecule has 2 bridgehead atoms. The molecule has 5 rings (SSSR count). The molecular weight excluding hydrogens is 411 g/mol. The number of H-pyrrole nitrogens is 1. The number of halogens is 1. The van der Waals surface area contributed by atoms with Crippen molar-refractivity contribution >= 4 is 5.82 Å². The lowest BCUT2D eigenvalue weighted by Crippen LogP contribution is -2.57. The Hall–Kier alpha value is -3.04. The van der Waals surface area contributed by atoms with Crippen molar-refractivity contribution < 1.29 is 14.2 Å². The van der Waals surface area contributed by atoms with Gasteiger partial charge < -0.3 is 20.1 Å². The van der Waals surface area contributed by atoms with Crippen molar-refractivity contribution in [1.29, 1.82) is 0 Å². The number of aromatic amines is 1. The van der Waals surface area contributed by atoms with Crippen LogP contribution < -0.4 is 10.2 Å². The standard InChI is InChI=1S/C23H27FN6O2/c1-32-7-6-30(20-9-16-3-5-18(29-16)23(20)24)22-13-25-19(12-26-22)17-4-2-14(8-21(17)31)15-10-27-28-11-15/h2,4,8,10-13,16,18,20,23,29,31H,3,5-7,9H2,1H3,(H,27,28)/t16?,18?,20-,23+/m0/s1. The normalized spacial score (nSPS) is 24.6. The van der Waals surface area contributed by atoms with Gasteiger partial charge in [-0.1, -0.05) is 6.07 Å². The van der Waals surface area contributed by atoms with Crippen LogP contribution in [0.15, 0.2) is 43.0 Å². The molecular formula is C23H27FN6O2. The zero-order chi connectivity index (χ0) is 22.1. The fraction of sp³-hybridized carbons (Fsp3) is 0.435. The number of phenolic OH excluding ortho intramolecular Hbond substituents is 1.